The average molecular weight is 576 g/mol. The Bertz CT molecular complexity index is 1600. The highest BCUT2D eigenvalue weighted by atomic mass is 35.5. The van der Waals surface area contributed by atoms with E-state index in [2.05, 4.69) is 0 Å². The number of hydrogen-bond acceptors (Lipinski definition) is 5. The second kappa shape index (κ2) is 10.7. The highest BCUT2D eigenvalue weighted by Gasteiger charge is 2.36. The van der Waals surface area contributed by atoms with Gasteiger partial charge in [0.25, 0.3) is 0 Å². The van der Waals surface area contributed by atoms with Crippen molar-refractivity contribution in [3.05, 3.63) is 88.4 Å². The summed E-state index contributed by atoms with van der Waals surface area (Å²) in [5, 5.41) is 1.13. The summed E-state index contributed by atoms with van der Waals surface area (Å²) in [4.78, 5) is 19.5. The number of aryl methyl sites for hydroxylation is 1. The van der Waals surface area contributed by atoms with Crippen molar-refractivity contribution in [3.8, 4) is 0 Å². The summed E-state index contributed by atoms with van der Waals surface area (Å²) in [5.41, 5.74) is 2.50. The van der Waals surface area contributed by atoms with Gasteiger partial charge in [-0.2, -0.15) is 4.31 Å². The molecule has 0 bridgehead atoms. The molecule has 0 atom stereocenters. The van der Waals surface area contributed by atoms with E-state index in [1.54, 1.807) is 4.90 Å². The smallest absolute Gasteiger partial charge is 0.246 e. The predicted octanol–water partition coefficient (Wildman–Crippen LogP) is 6.17. The van der Waals surface area contributed by atoms with Gasteiger partial charge in [0.1, 0.15) is 16.5 Å². The van der Waals surface area contributed by atoms with Gasteiger partial charge in [-0.15, -0.1) is 0 Å². The zero-order valence-electron chi connectivity index (χ0n) is 20.4. The number of anilines is 1. The summed E-state index contributed by atoms with van der Waals surface area (Å²) in [7, 11) is -4.24. The third-order valence-electron chi connectivity index (χ3n) is 6.73. The lowest BCUT2D eigenvalue weighted by Crippen LogP contribution is -2.44. The van der Waals surface area contributed by atoms with Crippen molar-refractivity contribution < 1.29 is 22.0 Å². The Morgan fingerprint density at radius 1 is 1.11 bits per heavy atom. The Morgan fingerprint density at radius 3 is 2.53 bits per heavy atom. The van der Waals surface area contributed by atoms with Crippen LogP contribution in [0.5, 0.6) is 0 Å². The van der Waals surface area contributed by atoms with Crippen LogP contribution < -0.4 is 4.90 Å². The highest BCUT2D eigenvalue weighted by molar-refractivity contribution is 7.89. The standard InChI is InChI=1S/C27H24ClF2N3O3S2/c1-17-21(28)8-10-23-25(17)31-27(37-23)33(16-18-5-3-2-4-6-18)26(34)19-11-13-32(14-12-19)38(35,36)24-15-20(29)7-9-22(24)30/h2-10,15,19H,11-14,16H2,1H3. The van der Waals surface area contributed by atoms with Crippen LogP contribution >= 0.6 is 22.9 Å². The molecule has 6 nitrogen and oxygen atoms in total. The second-order valence-corrected chi connectivity index (χ2v) is 12.5. The average Bonchev–Trinajstić information content (AvgIpc) is 3.36. The van der Waals surface area contributed by atoms with Crippen LogP contribution in [0.3, 0.4) is 0 Å². The predicted molar refractivity (Wildman–Crippen MR) is 145 cm³/mol. The summed E-state index contributed by atoms with van der Waals surface area (Å²) in [6.07, 6.45) is 0.492. The monoisotopic (exact) mass is 575 g/mol. The fourth-order valence-electron chi connectivity index (χ4n) is 4.59. The van der Waals surface area contributed by atoms with Gasteiger partial charge in [-0.25, -0.2) is 22.2 Å². The minimum atomic E-state index is -4.24. The normalized spacial score (nSPS) is 15.2. The van der Waals surface area contributed by atoms with Crippen LogP contribution in [0.25, 0.3) is 10.2 Å². The van der Waals surface area contributed by atoms with Crippen molar-refractivity contribution in [2.45, 2.75) is 31.2 Å². The van der Waals surface area contributed by atoms with Crippen molar-refractivity contribution in [3.63, 3.8) is 0 Å². The van der Waals surface area contributed by atoms with E-state index in [1.165, 1.54) is 11.3 Å². The molecule has 2 heterocycles. The van der Waals surface area contributed by atoms with E-state index in [0.29, 0.717) is 22.8 Å². The number of benzene rings is 3. The Kier molecular flexibility index (Phi) is 7.50. The number of carbonyl (C=O) groups is 1. The van der Waals surface area contributed by atoms with Gasteiger partial charge in [0.15, 0.2) is 5.13 Å². The molecule has 198 valence electrons. The molecule has 3 aromatic carbocycles. The molecule has 1 aromatic heterocycles. The van der Waals surface area contributed by atoms with Crippen molar-refractivity contribution in [1.29, 1.82) is 0 Å². The maximum Gasteiger partial charge on any atom is 0.246 e. The molecule has 0 spiro atoms. The van der Waals surface area contributed by atoms with Gasteiger partial charge in [-0.3, -0.25) is 9.69 Å². The quantitative estimate of drug-likeness (QED) is 0.276. The molecule has 4 aromatic rings. The third kappa shape index (κ3) is 5.18. The molecule has 1 aliphatic rings. The number of nitrogens with zero attached hydrogens (tertiary/aromatic N) is 3. The lowest BCUT2D eigenvalue weighted by Gasteiger charge is -2.33. The third-order valence-corrected chi connectivity index (χ3v) is 10.1. The summed E-state index contributed by atoms with van der Waals surface area (Å²) < 4.78 is 55.9. The number of piperidine rings is 1. The van der Waals surface area contributed by atoms with E-state index in [-0.39, 0.29) is 31.8 Å². The molecule has 5 rings (SSSR count). The fourth-order valence-corrected chi connectivity index (χ4v) is 7.32. The van der Waals surface area contributed by atoms with Crippen LogP contribution in [0.2, 0.25) is 5.02 Å². The van der Waals surface area contributed by atoms with Crippen LogP contribution in [0.4, 0.5) is 13.9 Å². The molecule has 1 aliphatic heterocycles. The zero-order chi connectivity index (χ0) is 27.0. The fraction of sp³-hybridized carbons (Fsp3) is 0.259. The molecule has 1 amide bonds. The molecular formula is C27H24ClF2N3O3S2. The summed E-state index contributed by atoms with van der Waals surface area (Å²) in [6, 6.07) is 15.6. The Labute approximate surface area is 228 Å². The van der Waals surface area contributed by atoms with Gasteiger partial charge in [-0.05, 0) is 61.2 Å². The van der Waals surface area contributed by atoms with Gasteiger partial charge in [0.05, 0.1) is 16.8 Å². The maximum absolute atomic E-state index is 14.2. The Balaban J connectivity index is 1.40. The van der Waals surface area contributed by atoms with Crippen LogP contribution in [-0.4, -0.2) is 36.7 Å². The van der Waals surface area contributed by atoms with E-state index in [1.807, 2.05) is 49.4 Å². The van der Waals surface area contributed by atoms with Gasteiger partial charge in [0, 0.05) is 24.0 Å². The largest absolute Gasteiger partial charge is 0.283 e. The molecule has 1 fully saturated rings. The van der Waals surface area contributed by atoms with Crippen molar-refractivity contribution in [1.82, 2.24) is 9.29 Å². The Morgan fingerprint density at radius 2 is 1.82 bits per heavy atom. The molecule has 38 heavy (non-hydrogen) atoms. The van der Waals surface area contributed by atoms with Crippen molar-refractivity contribution in [2.24, 2.45) is 5.92 Å². The summed E-state index contributed by atoms with van der Waals surface area (Å²) in [6.45, 7) is 2.22. The number of carbonyl (C=O) groups excluding carboxylic acids is 1. The van der Waals surface area contributed by atoms with E-state index in [4.69, 9.17) is 16.6 Å². The molecular weight excluding hydrogens is 552 g/mol. The number of amides is 1. The number of rotatable bonds is 6. The summed E-state index contributed by atoms with van der Waals surface area (Å²) >= 11 is 7.69. The minimum Gasteiger partial charge on any atom is -0.283 e. The van der Waals surface area contributed by atoms with E-state index >= 15 is 0 Å². The van der Waals surface area contributed by atoms with Crippen LogP contribution in [0.1, 0.15) is 24.0 Å². The molecule has 0 aliphatic carbocycles. The molecule has 0 saturated carbocycles. The van der Waals surface area contributed by atoms with Gasteiger partial charge < -0.3 is 0 Å². The first-order chi connectivity index (χ1) is 18.1. The lowest BCUT2D eigenvalue weighted by molar-refractivity contribution is -0.123. The van der Waals surface area contributed by atoms with Crippen LogP contribution in [0.15, 0.2) is 65.6 Å². The number of thiazole rings is 1. The first kappa shape index (κ1) is 26.7. The Hall–Kier alpha value is -2.92. The minimum absolute atomic E-state index is 0.0163. The maximum atomic E-state index is 14.2. The molecule has 11 heteroatoms. The van der Waals surface area contributed by atoms with Crippen LogP contribution in [0, 0.1) is 24.5 Å². The number of halogens is 3. The number of aromatic nitrogens is 1. The van der Waals surface area contributed by atoms with E-state index in [0.717, 1.165) is 37.8 Å². The van der Waals surface area contributed by atoms with Gasteiger partial charge in [0.2, 0.25) is 15.9 Å². The first-order valence-corrected chi connectivity index (χ1v) is 14.6. The second-order valence-electron chi connectivity index (χ2n) is 9.18. The SMILES string of the molecule is Cc1c(Cl)ccc2sc(N(Cc3ccccc3)C(=O)C3CCN(S(=O)(=O)c4cc(F)ccc4F)CC3)nc12. The van der Waals surface area contributed by atoms with Crippen molar-refractivity contribution >= 4 is 54.2 Å². The molecule has 1 saturated heterocycles. The lowest BCUT2D eigenvalue weighted by atomic mass is 9.96. The van der Waals surface area contributed by atoms with E-state index < -0.39 is 32.5 Å². The molecule has 0 radical (unpaired) electrons. The first-order valence-electron chi connectivity index (χ1n) is 12.0. The number of fused-ring (bicyclic) bond motifs is 1. The molecule has 0 unspecified atom stereocenters. The van der Waals surface area contributed by atoms with Gasteiger partial charge in [-0.1, -0.05) is 53.3 Å². The molecule has 0 N–H and O–H groups in total. The van der Waals surface area contributed by atoms with Crippen molar-refractivity contribution in [2.75, 3.05) is 18.0 Å². The van der Waals surface area contributed by atoms with E-state index in [9.17, 15) is 22.0 Å². The number of sulfonamides is 1. The highest BCUT2D eigenvalue weighted by Crippen LogP contribution is 2.36. The topological polar surface area (TPSA) is 70.6 Å². The summed E-state index contributed by atoms with van der Waals surface area (Å²) in [5.74, 6) is -2.46. The zero-order valence-corrected chi connectivity index (χ0v) is 22.8. The van der Waals surface area contributed by atoms with Gasteiger partial charge >= 0.3 is 0 Å². The van der Waals surface area contributed by atoms with Crippen LogP contribution in [-0.2, 0) is 21.4 Å². The number of hydrogen-bond donors (Lipinski definition) is 0.